The minimum absolute atomic E-state index is 0.292. The van der Waals surface area contributed by atoms with Crippen LogP contribution in [-0.4, -0.2) is 17.8 Å². The number of pyridine rings is 1. The highest BCUT2D eigenvalue weighted by Crippen LogP contribution is 2.14. The van der Waals surface area contributed by atoms with Gasteiger partial charge < -0.3 is 4.40 Å². The number of aromatic nitrogens is 2. The van der Waals surface area contributed by atoms with Gasteiger partial charge in [-0.3, -0.25) is 0 Å². The highest BCUT2D eigenvalue weighted by atomic mass is 32.2. The molecule has 0 atom stereocenters. The Bertz CT molecular complexity index is 865. The van der Waals surface area contributed by atoms with Crippen molar-refractivity contribution in [3.63, 3.8) is 0 Å². The van der Waals surface area contributed by atoms with Crippen molar-refractivity contribution >= 4 is 21.6 Å². The zero-order valence-electron chi connectivity index (χ0n) is 10.5. The van der Waals surface area contributed by atoms with Gasteiger partial charge in [0, 0.05) is 24.0 Å². The van der Waals surface area contributed by atoms with Gasteiger partial charge in [0.25, 0.3) is 0 Å². The molecule has 0 spiro atoms. The third-order valence-corrected chi connectivity index (χ3v) is 4.35. The number of nitrogens with zero attached hydrogens (tertiary/aromatic N) is 2. The molecule has 20 heavy (non-hydrogen) atoms. The van der Waals surface area contributed by atoms with E-state index in [1.807, 2.05) is 28.9 Å². The smallest absolute Gasteiger partial charge is 0.199 e. The normalized spacial score (nSPS) is 12.2. The average molecular weight is 284 g/mol. The van der Waals surface area contributed by atoms with Crippen LogP contribution in [0.1, 0.15) is 5.56 Å². The van der Waals surface area contributed by atoms with Crippen LogP contribution in [0.15, 0.2) is 71.4 Å². The van der Waals surface area contributed by atoms with E-state index in [0.29, 0.717) is 4.90 Å². The summed E-state index contributed by atoms with van der Waals surface area (Å²) in [6.45, 7) is 0. The summed E-state index contributed by atoms with van der Waals surface area (Å²) in [5, 5.41) is 1.22. The van der Waals surface area contributed by atoms with Crippen molar-refractivity contribution in [1.29, 1.82) is 0 Å². The molecule has 0 aliphatic rings. The third kappa shape index (κ3) is 2.48. The Morgan fingerprint density at radius 2 is 1.85 bits per heavy atom. The van der Waals surface area contributed by atoms with E-state index in [0.717, 1.165) is 11.2 Å². The van der Waals surface area contributed by atoms with E-state index in [4.69, 9.17) is 0 Å². The molecule has 0 saturated heterocycles. The van der Waals surface area contributed by atoms with E-state index in [2.05, 4.69) is 4.98 Å². The van der Waals surface area contributed by atoms with Crippen LogP contribution >= 0.6 is 0 Å². The predicted molar refractivity (Wildman–Crippen MR) is 77.9 cm³/mol. The standard InChI is InChI=1S/C15H12N2O2S/c18-20(19,14-4-2-1-3-5-14)11-8-13-6-7-15-16-9-10-17(15)12-13/h1-12H/b11-8+. The highest BCUT2D eigenvalue weighted by molar-refractivity contribution is 7.94. The summed E-state index contributed by atoms with van der Waals surface area (Å²) in [6.07, 6.45) is 6.93. The van der Waals surface area contributed by atoms with E-state index in [-0.39, 0.29) is 0 Å². The molecule has 1 aromatic carbocycles. The molecule has 0 aliphatic heterocycles. The van der Waals surface area contributed by atoms with E-state index in [1.54, 1.807) is 42.6 Å². The molecule has 5 heteroatoms. The Labute approximate surface area is 116 Å². The molecular weight excluding hydrogens is 272 g/mol. The number of rotatable bonds is 3. The van der Waals surface area contributed by atoms with Crippen LogP contribution in [0.2, 0.25) is 0 Å². The fourth-order valence-corrected chi connectivity index (χ4v) is 2.92. The molecule has 100 valence electrons. The van der Waals surface area contributed by atoms with Crippen molar-refractivity contribution in [1.82, 2.24) is 9.38 Å². The maximum absolute atomic E-state index is 12.1. The van der Waals surface area contributed by atoms with Crippen LogP contribution in [-0.2, 0) is 9.84 Å². The van der Waals surface area contributed by atoms with Crippen molar-refractivity contribution in [3.05, 3.63) is 72.0 Å². The number of sulfone groups is 1. The van der Waals surface area contributed by atoms with E-state index in [1.165, 1.54) is 5.41 Å². The van der Waals surface area contributed by atoms with Crippen LogP contribution in [0.3, 0.4) is 0 Å². The van der Waals surface area contributed by atoms with Gasteiger partial charge in [-0.2, -0.15) is 0 Å². The monoisotopic (exact) mass is 284 g/mol. The zero-order valence-corrected chi connectivity index (χ0v) is 11.4. The van der Waals surface area contributed by atoms with E-state index >= 15 is 0 Å². The Kier molecular flexibility index (Phi) is 3.12. The minimum atomic E-state index is -3.40. The molecule has 0 bridgehead atoms. The second-order valence-electron chi connectivity index (χ2n) is 4.32. The molecule has 0 saturated carbocycles. The summed E-state index contributed by atoms with van der Waals surface area (Å²) < 4.78 is 26.1. The second kappa shape index (κ2) is 4.94. The number of hydrogen-bond acceptors (Lipinski definition) is 3. The first kappa shape index (κ1) is 12.6. The third-order valence-electron chi connectivity index (χ3n) is 2.92. The number of benzene rings is 1. The largest absolute Gasteiger partial charge is 0.307 e. The lowest BCUT2D eigenvalue weighted by atomic mass is 10.3. The summed E-state index contributed by atoms with van der Waals surface area (Å²) >= 11 is 0. The van der Waals surface area contributed by atoms with Gasteiger partial charge in [-0.25, -0.2) is 13.4 Å². The maximum Gasteiger partial charge on any atom is 0.199 e. The van der Waals surface area contributed by atoms with Gasteiger partial charge in [-0.05, 0) is 35.9 Å². The van der Waals surface area contributed by atoms with E-state index in [9.17, 15) is 8.42 Å². The lowest BCUT2D eigenvalue weighted by molar-refractivity contribution is 0.605. The first-order valence-corrected chi connectivity index (χ1v) is 7.61. The summed E-state index contributed by atoms with van der Waals surface area (Å²) in [7, 11) is -3.40. The molecule has 0 unspecified atom stereocenters. The van der Waals surface area contributed by atoms with Gasteiger partial charge in [0.15, 0.2) is 9.84 Å². The maximum atomic E-state index is 12.1. The van der Waals surface area contributed by atoms with Crippen molar-refractivity contribution < 1.29 is 8.42 Å². The predicted octanol–water partition coefficient (Wildman–Crippen LogP) is 2.78. The zero-order chi connectivity index (χ0) is 14.0. The first-order valence-electron chi connectivity index (χ1n) is 6.06. The molecule has 3 aromatic rings. The molecule has 0 amide bonds. The molecule has 0 radical (unpaired) electrons. The van der Waals surface area contributed by atoms with Crippen LogP contribution in [0.4, 0.5) is 0 Å². The molecule has 2 heterocycles. The first-order chi connectivity index (χ1) is 9.65. The molecule has 2 aromatic heterocycles. The fraction of sp³-hybridized carbons (Fsp3) is 0. The SMILES string of the molecule is O=S(=O)(/C=C/c1ccc2nccn2c1)c1ccccc1. The average Bonchev–Trinajstić information content (AvgIpc) is 2.94. The summed E-state index contributed by atoms with van der Waals surface area (Å²) in [5.74, 6) is 0. The molecular formula is C15H12N2O2S. The van der Waals surface area contributed by atoms with Gasteiger partial charge in [-0.15, -0.1) is 0 Å². The highest BCUT2D eigenvalue weighted by Gasteiger charge is 2.08. The van der Waals surface area contributed by atoms with Gasteiger partial charge in [0.1, 0.15) is 5.65 Å². The lowest BCUT2D eigenvalue weighted by Gasteiger charge is -1.99. The fourth-order valence-electron chi connectivity index (χ4n) is 1.89. The summed E-state index contributed by atoms with van der Waals surface area (Å²) in [6, 6.07) is 12.0. The van der Waals surface area contributed by atoms with Crippen LogP contribution < -0.4 is 0 Å². The van der Waals surface area contributed by atoms with Gasteiger partial charge in [0.05, 0.1) is 4.90 Å². The van der Waals surface area contributed by atoms with E-state index < -0.39 is 9.84 Å². The van der Waals surface area contributed by atoms with Gasteiger partial charge in [-0.1, -0.05) is 18.2 Å². The molecule has 0 aliphatic carbocycles. The topological polar surface area (TPSA) is 51.4 Å². The Morgan fingerprint density at radius 1 is 1.05 bits per heavy atom. The van der Waals surface area contributed by atoms with Crippen LogP contribution in [0, 0.1) is 0 Å². The molecule has 0 N–H and O–H groups in total. The molecule has 0 fully saturated rings. The van der Waals surface area contributed by atoms with Crippen molar-refractivity contribution in [2.45, 2.75) is 4.90 Å². The summed E-state index contributed by atoms with van der Waals surface area (Å²) in [4.78, 5) is 4.43. The Hall–Kier alpha value is -2.40. The second-order valence-corrected chi connectivity index (χ2v) is 6.15. The lowest BCUT2D eigenvalue weighted by Crippen LogP contribution is -1.95. The van der Waals surface area contributed by atoms with Crippen molar-refractivity contribution in [3.8, 4) is 0 Å². The van der Waals surface area contributed by atoms with Crippen molar-refractivity contribution in [2.75, 3.05) is 0 Å². The Balaban J connectivity index is 1.93. The van der Waals surface area contributed by atoms with Gasteiger partial charge in [0.2, 0.25) is 0 Å². The number of fused-ring (bicyclic) bond motifs is 1. The Morgan fingerprint density at radius 3 is 2.65 bits per heavy atom. The minimum Gasteiger partial charge on any atom is -0.307 e. The van der Waals surface area contributed by atoms with Crippen LogP contribution in [0.5, 0.6) is 0 Å². The van der Waals surface area contributed by atoms with Gasteiger partial charge >= 0.3 is 0 Å². The number of imidazole rings is 1. The van der Waals surface area contributed by atoms with Crippen LogP contribution in [0.25, 0.3) is 11.7 Å². The molecule has 3 rings (SSSR count). The quantitative estimate of drug-likeness (QED) is 0.743. The molecule has 4 nitrogen and oxygen atoms in total. The summed E-state index contributed by atoms with van der Waals surface area (Å²) in [5.41, 5.74) is 1.63. The number of hydrogen-bond donors (Lipinski definition) is 0. The van der Waals surface area contributed by atoms with Crippen molar-refractivity contribution in [2.24, 2.45) is 0 Å².